The Morgan fingerprint density at radius 1 is 1.21 bits per heavy atom. The van der Waals surface area contributed by atoms with E-state index >= 15 is 0 Å². The van der Waals surface area contributed by atoms with Crippen LogP contribution in [0.4, 0.5) is 0 Å². The molecule has 0 aliphatic rings. The molecule has 0 aliphatic heterocycles. The molecule has 0 aromatic rings. The molecule has 2 heteroatoms. The summed E-state index contributed by atoms with van der Waals surface area (Å²) < 4.78 is 5.81. The third kappa shape index (κ3) is 8.27. The first-order chi connectivity index (χ1) is 6.56. The highest BCUT2D eigenvalue weighted by atomic mass is 16.5. The third-order valence-corrected chi connectivity index (χ3v) is 1.99. The summed E-state index contributed by atoms with van der Waals surface area (Å²) in [6.45, 7) is 14.1. The molecule has 2 nitrogen and oxygen atoms in total. The van der Waals surface area contributed by atoms with Crippen molar-refractivity contribution < 1.29 is 4.74 Å². The van der Waals surface area contributed by atoms with E-state index < -0.39 is 0 Å². The van der Waals surface area contributed by atoms with Crippen molar-refractivity contribution in [3.63, 3.8) is 0 Å². The van der Waals surface area contributed by atoms with Crippen molar-refractivity contribution in [1.29, 1.82) is 0 Å². The molecular formula is C12H25NO. The van der Waals surface area contributed by atoms with Gasteiger partial charge in [0.25, 0.3) is 0 Å². The highest BCUT2D eigenvalue weighted by molar-refractivity contribution is 4.71. The van der Waals surface area contributed by atoms with Crippen molar-refractivity contribution >= 4 is 0 Å². The molecule has 84 valence electrons. The van der Waals surface area contributed by atoms with Gasteiger partial charge in [-0.15, -0.1) is 6.58 Å². The van der Waals surface area contributed by atoms with Crippen LogP contribution in [0, 0.1) is 5.92 Å². The maximum Gasteiger partial charge on any atom is 0.0675 e. The van der Waals surface area contributed by atoms with Crippen molar-refractivity contribution in [1.82, 2.24) is 5.32 Å². The second kappa shape index (κ2) is 8.01. The summed E-state index contributed by atoms with van der Waals surface area (Å²) in [6.07, 6.45) is 3.63. The number of hydrogen-bond donors (Lipinski definition) is 1. The maximum absolute atomic E-state index is 5.81. The van der Waals surface area contributed by atoms with E-state index in [1.165, 1.54) is 0 Å². The lowest BCUT2D eigenvalue weighted by molar-refractivity contribution is -0.000615. The van der Waals surface area contributed by atoms with Gasteiger partial charge in [-0.3, -0.25) is 0 Å². The standard InChI is InChI=1S/C12H25NO/c1-6-7-13-9-12(5)14-11(4)8-10(2)3/h6,10-13H,1,7-9H2,2-5H3. The van der Waals surface area contributed by atoms with Crippen LogP contribution in [-0.2, 0) is 4.74 Å². The Balaban J connectivity index is 3.49. The second-order valence-electron chi connectivity index (χ2n) is 4.33. The Hall–Kier alpha value is -0.340. The third-order valence-electron chi connectivity index (χ3n) is 1.99. The Bertz CT molecular complexity index is 145. The summed E-state index contributed by atoms with van der Waals surface area (Å²) in [6, 6.07) is 0. The van der Waals surface area contributed by atoms with Crippen LogP contribution < -0.4 is 5.32 Å². The van der Waals surface area contributed by atoms with Crippen molar-refractivity contribution in [3.8, 4) is 0 Å². The maximum atomic E-state index is 5.81. The van der Waals surface area contributed by atoms with Crippen LogP contribution in [0.15, 0.2) is 12.7 Å². The van der Waals surface area contributed by atoms with Gasteiger partial charge in [0, 0.05) is 13.1 Å². The van der Waals surface area contributed by atoms with E-state index in [1.807, 2.05) is 6.08 Å². The normalized spacial score (nSPS) is 15.5. The first-order valence-electron chi connectivity index (χ1n) is 5.53. The first kappa shape index (κ1) is 13.7. The van der Waals surface area contributed by atoms with Gasteiger partial charge in [-0.1, -0.05) is 19.9 Å². The predicted molar refractivity (Wildman–Crippen MR) is 62.5 cm³/mol. The molecule has 14 heavy (non-hydrogen) atoms. The van der Waals surface area contributed by atoms with Crippen LogP contribution in [0.2, 0.25) is 0 Å². The van der Waals surface area contributed by atoms with E-state index in [4.69, 9.17) is 4.74 Å². The van der Waals surface area contributed by atoms with Crippen molar-refractivity contribution in [2.24, 2.45) is 5.92 Å². The minimum Gasteiger partial charge on any atom is -0.374 e. The first-order valence-corrected chi connectivity index (χ1v) is 5.53. The SMILES string of the molecule is C=CCNCC(C)OC(C)CC(C)C. The molecule has 0 saturated heterocycles. The van der Waals surface area contributed by atoms with Gasteiger partial charge in [-0.25, -0.2) is 0 Å². The van der Waals surface area contributed by atoms with Gasteiger partial charge in [-0.05, 0) is 26.2 Å². The molecule has 0 aliphatic carbocycles. The zero-order valence-corrected chi connectivity index (χ0v) is 10.0. The summed E-state index contributed by atoms with van der Waals surface area (Å²) >= 11 is 0. The van der Waals surface area contributed by atoms with Gasteiger partial charge in [0.15, 0.2) is 0 Å². The lowest BCUT2D eigenvalue weighted by Gasteiger charge is -2.20. The highest BCUT2D eigenvalue weighted by Crippen LogP contribution is 2.09. The largest absolute Gasteiger partial charge is 0.374 e. The average Bonchev–Trinajstić information content (AvgIpc) is 2.02. The smallest absolute Gasteiger partial charge is 0.0675 e. The van der Waals surface area contributed by atoms with Crippen LogP contribution in [-0.4, -0.2) is 25.3 Å². The molecule has 0 radical (unpaired) electrons. The zero-order chi connectivity index (χ0) is 11.0. The van der Waals surface area contributed by atoms with Crippen molar-refractivity contribution in [2.75, 3.05) is 13.1 Å². The van der Waals surface area contributed by atoms with E-state index in [2.05, 4.69) is 39.6 Å². The average molecular weight is 199 g/mol. The van der Waals surface area contributed by atoms with Gasteiger partial charge in [0.1, 0.15) is 0 Å². The van der Waals surface area contributed by atoms with Gasteiger partial charge < -0.3 is 10.1 Å². The Morgan fingerprint density at radius 2 is 1.86 bits per heavy atom. The number of rotatable bonds is 8. The fraction of sp³-hybridized carbons (Fsp3) is 0.833. The van der Waals surface area contributed by atoms with Gasteiger partial charge >= 0.3 is 0 Å². The fourth-order valence-corrected chi connectivity index (χ4v) is 1.55. The molecule has 0 bridgehead atoms. The van der Waals surface area contributed by atoms with Crippen molar-refractivity contribution in [3.05, 3.63) is 12.7 Å². The summed E-state index contributed by atoms with van der Waals surface area (Å²) in [5.41, 5.74) is 0. The van der Waals surface area contributed by atoms with Crippen LogP contribution in [0.5, 0.6) is 0 Å². The molecule has 0 fully saturated rings. The minimum absolute atomic E-state index is 0.281. The zero-order valence-electron chi connectivity index (χ0n) is 10.0. The molecule has 0 rings (SSSR count). The van der Waals surface area contributed by atoms with E-state index in [-0.39, 0.29) is 6.10 Å². The molecule has 0 aromatic heterocycles. The molecule has 2 unspecified atom stereocenters. The van der Waals surface area contributed by atoms with Gasteiger partial charge in [0.2, 0.25) is 0 Å². The molecular weight excluding hydrogens is 174 g/mol. The molecule has 1 N–H and O–H groups in total. The summed E-state index contributed by atoms with van der Waals surface area (Å²) in [5.74, 6) is 0.707. The van der Waals surface area contributed by atoms with Crippen LogP contribution in [0.3, 0.4) is 0 Å². The van der Waals surface area contributed by atoms with E-state index in [9.17, 15) is 0 Å². The summed E-state index contributed by atoms with van der Waals surface area (Å²) in [5, 5.41) is 3.25. The van der Waals surface area contributed by atoms with Crippen LogP contribution in [0.1, 0.15) is 34.1 Å². The summed E-state index contributed by atoms with van der Waals surface area (Å²) in [7, 11) is 0. The second-order valence-corrected chi connectivity index (χ2v) is 4.33. The number of nitrogens with one attached hydrogen (secondary N) is 1. The lowest BCUT2D eigenvalue weighted by Crippen LogP contribution is -2.30. The van der Waals surface area contributed by atoms with Crippen LogP contribution >= 0.6 is 0 Å². The number of ether oxygens (including phenoxy) is 1. The quantitative estimate of drug-likeness (QED) is 0.479. The van der Waals surface area contributed by atoms with E-state index in [0.717, 1.165) is 19.5 Å². The number of hydrogen-bond acceptors (Lipinski definition) is 2. The monoisotopic (exact) mass is 199 g/mol. The predicted octanol–water partition coefficient (Wildman–Crippen LogP) is 2.60. The summed E-state index contributed by atoms with van der Waals surface area (Å²) in [4.78, 5) is 0. The lowest BCUT2D eigenvalue weighted by atomic mass is 10.1. The highest BCUT2D eigenvalue weighted by Gasteiger charge is 2.09. The Labute approximate surface area is 88.7 Å². The molecule has 0 spiro atoms. The minimum atomic E-state index is 0.281. The topological polar surface area (TPSA) is 21.3 Å². The van der Waals surface area contributed by atoms with Gasteiger partial charge in [-0.2, -0.15) is 0 Å². The molecule has 0 amide bonds. The Morgan fingerprint density at radius 3 is 2.36 bits per heavy atom. The Kier molecular flexibility index (Phi) is 7.81. The molecule has 0 aromatic carbocycles. The molecule has 0 heterocycles. The fourth-order valence-electron chi connectivity index (χ4n) is 1.55. The molecule has 2 atom stereocenters. The van der Waals surface area contributed by atoms with Crippen LogP contribution in [0.25, 0.3) is 0 Å². The van der Waals surface area contributed by atoms with E-state index in [1.54, 1.807) is 0 Å². The van der Waals surface area contributed by atoms with Gasteiger partial charge in [0.05, 0.1) is 12.2 Å². The molecule has 0 saturated carbocycles. The van der Waals surface area contributed by atoms with E-state index in [0.29, 0.717) is 12.0 Å². The van der Waals surface area contributed by atoms with Crippen molar-refractivity contribution in [2.45, 2.75) is 46.3 Å².